The summed E-state index contributed by atoms with van der Waals surface area (Å²) in [5.74, 6) is -0.235. The van der Waals surface area contributed by atoms with Gasteiger partial charge in [0.1, 0.15) is 5.82 Å². The van der Waals surface area contributed by atoms with Gasteiger partial charge in [0.15, 0.2) is 0 Å². The third-order valence-corrected chi connectivity index (χ3v) is 6.54. The Balaban J connectivity index is 1.38. The summed E-state index contributed by atoms with van der Waals surface area (Å²) in [4.78, 5) is 10.7. The molecular formula is C34H24FN3. The van der Waals surface area contributed by atoms with Gasteiger partial charge in [-0.05, 0) is 94.0 Å². The average molecular weight is 494 g/mol. The second-order valence-electron chi connectivity index (χ2n) is 8.97. The van der Waals surface area contributed by atoms with Crippen LogP contribution >= 0.6 is 0 Å². The van der Waals surface area contributed by atoms with E-state index in [9.17, 15) is 4.39 Å². The van der Waals surface area contributed by atoms with Crippen LogP contribution in [0.15, 0.2) is 146 Å². The van der Waals surface area contributed by atoms with Crippen molar-refractivity contribution in [2.75, 3.05) is 4.90 Å². The zero-order valence-electron chi connectivity index (χ0n) is 20.6. The van der Waals surface area contributed by atoms with E-state index >= 15 is 0 Å². The normalized spacial score (nSPS) is 10.8. The van der Waals surface area contributed by atoms with Crippen molar-refractivity contribution in [2.24, 2.45) is 0 Å². The molecule has 0 aliphatic heterocycles. The molecule has 0 unspecified atom stereocenters. The Morgan fingerprint density at radius 3 is 1.08 bits per heavy atom. The van der Waals surface area contributed by atoms with Crippen LogP contribution in [0.1, 0.15) is 0 Å². The molecule has 6 rings (SSSR count). The van der Waals surface area contributed by atoms with E-state index in [0.717, 1.165) is 50.4 Å². The monoisotopic (exact) mass is 493 g/mol. The fourth-order valence-electron chi connectivity index (χ4n) is 4.57. The molecule has 3 nitrogen and oxygen atoms in total. The maximum atomic E-state index is 13.4. The Morgan fingerprint density at radius 2 is 0.737 bits per heavy atom. The van der Waals surface area contributed by atoms with Crippen LogP contribution in [-0.2, 0) is 0 Å². The van der Waals surface area contributed by atoms with E-state index in [2.05, 4.69) is 99.8 Å². The SMILES string of the molecule is Fc1ccc(-c2ccc(N(c3ccc(-c4cccnc4)cc3)c3ccc(-c4cccnc4)cc3)cc2)cc1. The van der Waals surface area contributed by atoms with Crippen molar-refractivity contribution >= 4 is 17.1 Å². The van der Waals surface area contributed by atoms with Crippen LogP contribution in [0.25, 0.3) is 33.4 Å². The lowest BCUT2D eigenvalue weighted by atomic mass is 10.0. The molecule has 0 saturated carbocycles. The van der Waals surface area contributed by atoms with Gasteiger partial charge in [0, 0.05) is 41.8 Å². The van der Waals surface area contributed by atoms with Crippen LogP contribution in [0, 0.1) is 5.82 Å². The highest BCUT2D eigenvalue weighted by Gasteiger charge is 2.14. The fourth-order valence-corrected chi connectivity index (χ4v) is 4.57. The first-order valence-electron chi connectivity index (χ1n) is 12.4. The lowest BCUT2D eigenvalue weighted by Crippen LogP contribution is -2.09. The van der Waals surface area contributed by atoms with Crippen LogP contribution < -0.4 is 4.90 Å². The standard InChI is InChI=1S/C34H24FN3/c35-31-13-5-25(6-14-31)26-7-15-32(16-8-26)38(33-17-9-27(10-18-33)29-3-1-21-36-23-29)34-19-11-28(12-20-34)30-4-2-22-37-24-30/h1-24H. The fraction of sp³-hybridized carbons (Fsp3) is 0. The molecule has 182 valence electrons. The molecule has 38 heavy (non-hydrogen) atoms. The highest BCUT2D eigenvalue weighted by molar-refractivity contribution is 5.80. The molecule has 0 fully saturated rings. The minimum Gasteiger partial charge on any atom is -0.311 e. The van der Waals surface area contributed by atoms with Gasteiger partial charge >= 0.3 is 0 Å². The zero-order chi connectivity index (χ0) is 25.7. The summed E-state index contributed by atoms with van der Waals surface area (Å²) in [5, 5.41) is 0. The predicted octanol–water partition coefficient (Wildman–Crippen LogP) is 9.09. The van der Waals surface area contributed by atoms with Crippen LogP contribution in [0.2, 0.25) is 0 Å². The Labute approximate surface area is 221 Å². The number of halogens is 1. The van der Waals surface area contributed by atoms with Gasteiger partial charge in [-0.1, -0.05) is 60.7 Å². The Morgan fingerprint density at radius 1 is 0.395 bits per heavy atom. The Bertz CT molecular complexity index is 1530. The summed E-state index contributed by atoms with van der Waals surface area (Å²) in [6, 6.07) is 39.9. The molecule has 0 aliphatic carbocycles. The van der Waals surface area contributed by atoms with E-state index in [1.54, 1.807) is 24.5 Å². The molecule has 0 bridgehead atoms. The van der Waals surface area contributed by atoms with E-state index in [4.69, 9.17) is 0 Å². The molecule has 4 aromatic carbocycles. The molecule has 6 aromatic rings. The van der Waals surface area contributed by atoms with Gasteiger partial charge in [0.25, 0.3) is 0 Å². The van der Waals surface area contributed by atoms with Gasteiger partial charge in [0.05, 0.1) is 0 Å². The number of nitrogens with zero attached hydrogens (tertiary/aromatic N) is 3. The molecule has 0 spiro atoms. The number of hydrogen-bond donors (Lipinski definition) is 0. The first kappa shape index (κ1) is 23.3. The van der Waals surface area contributed by atoms with Crippen molar-refractivity contribution < 1.29 is 4.39 Å². The summed E-state index contributed by atoms with van der Waals surface area (Å²) in [6.45, 7) is 0. The third kappa shape index (κ3) is 4.93. The zero-order valence-corrected chi connectivity index (χ0v) is 20.6. The highest BCUT2D eigenvalue weighted by Crippen LogP contribution is 2.37. The number of aromatic nitrogens is 2. The van der Waals surface area contributed by atoms with Crippen LogP contribution in [0.4, 0.5) is 21.5 Å². The summed E-state index contributed by atoms with van der Waals surface area (Å²) in [6.07, 6.45) is 7.31. The maximum Gasteiger partial charge on any atom is 0.123 e. The van der Waals surface area contributed by atoms with E-state index in [1.807, 2.05) is 24.5 Å². The van der Waals surface area contributed by atoms with Crippen molar-refractivity contribution in [3.8, 4) is 33.4 Å². The van der Waals surface area contributed by atoms with Crippen LogP contribution in [0.3, 0.4) is 0 Å². The van der Waals surface area contributed by atoms with Gasteiger partial charge in [-0.15, -0.1) is 0 Å². The Hall–Kier alpha value is -5.09. The molecule has 0 radical (unpaired) electrons. The van der Waals surface area contributed by atoms with E-state index < -0.39 is 0 Å². The molecule has 4 heteroatoms. The van der Waals surface area contributed by atoms with Gasteiger partial charge in [0.2, 0.25) is 0 Å². The van der Waals surface area contributed by atoms with Crippen molar-refractivity contribution in [3.05, 3.63) is 152 Å². The van der Waals surface area contributed by atoms with E-state index in [-0.39, 0.29) is 5.82 Å². The second kappa shape index (κ2) is 10.5. The molecule has 0 saturated heterocycles. The lowest BCUT2D eigenvalue weighted by Gasteiger charge is -2.26. The summed E-state index contributed by atoms with van der Waals surface area (Å²) >= 11 is 0. The van der Waals surface area contributed by atoms with Crippen molar-refractivity contribution in [1.82, 2.24) is 9.97 Å². The minimum atomic E-state index is -0.235. The van der Waals surface area contributed by atoms with Crippen molar-refractivity contribution in [1.29, 1.82) is 0 Å². The largest absolute Gasteiger partial charge is 0.311 e. The predicted molar refractivity (Wildman–Crippen MR) is 153 cm³/mol. The van der Waals surface area contributed by atoms with Gasteiger partial charge in [-0.3, -0.25) is 9.97 Å². The lowest BCUT2D eigenvalue weighted by molar-refractivity contribution is 0.628. The van der Waals surface area contributed by atoms with Crippen molar-refractivity contribution in [3.63, 3.8) is 0 Å². The Kier molecular flexibility index (Phi) is 6.44. The summed E-state index contributed by atoms with van der Waals surface area (Å²) < 4.78 is 13.4. The molecule has 2 aromatic heterocycles. The first-order valence-corrected chi connectivity index (χ1v) is 12.4. The molecule has 0 aliphatic rings. The number of rotatable bonds is 6. The van der Waals surface area contributed by atoms with Crippen LogP contribution in [-0.4, -0.2) is 9.97 Å². The average Bonchev–Trinajstić information content (AvgIpc) is 3.00. The maximum absolute atomic E-state index is 13.4. The third-order valence-electron chi connectivity index (χ3n) is 6.54. The molecule has 0 amide bonds. The highest BCUT2D eigenvalue weighted by atomic mass is 19.1. The summed E-state index contributed by atoms with van der Waals surface area (Å²) in [5.41, 5.74) is 9.51. The number of pyridine rings is 2. The number of benzene rings is 4. The number of anilines is 3. The van der Waals surface area contributed by atoms with E-state index in [0.29, 0.717) is 0 Å². The van der Waals surface area contributed by atoms with Crippen LogP contribution in [0.5, 0.6) is 0 Å². The second-order valence-corrected chi connectivity index (χ2v) is 8.97. The molecule has 0 atom stereocenters. The molecular weight excluding hydrogens is 469 g/mol. The molecule has 0 N–H and O–H groups in total. The smallest absolute Gasteiger partial charge is 0.123 e. The van der Waals surface area contributed by atoms with Gasteiger partial charge in [-0.2, -0.15) is 0 Å². The summed E-state index contributed by atoms with van der Waals surface area (Å²) in [7, 11) is 0. The topological polar surface area (TPSA) is 29.0 Å². The van der Waals surface area contributed by atoms with Gasteiger partial charge < -0.3 is 4.90 Å². The quantitative estimate of drug-likeness (QED) is 0.232. The number of hydrogen-bond acceptors (Lipinski definition) is 3. The first-order chi connectivity index (χ1) is 18.7. The van der Waals surface area contributed by atoms with Gasteiger partial charge in [-0.25, -0.2) is 4.39 Å². The molecule has 2 heterocycles. The minimum absolute atomic E-state index is 0.235. The van der Waals surface area contributed by atoms with E-state index in [1.165, 1.54) is 12.1 Å². The van der Waals surface area contributed by atoms with Crippen molar-refractivity contribution in [2.45, 2.75) is 0 Å².